The minimum atomic E-state index is -3.64. The Morgan fingerprint density at radius 3 is 2.62 bits per heavy atom. The van der Waals surface area contributed by atoms with Crippen molar-refractivity contribution in [3.05, 3.63) is 29.8 Å². The SMILES string of the molecule is CCC1(C(=O)O)CCCN(S(=O)(=O)c2ccccc2C)C1. The number of aryl methyl sites for hydroxylation is 1. The van der Waals surface area contributed by atoms with Gasteiger partial charge in [0, 0.05) is 13.1 Å². The first-order valence-electron chi connectivity index (χ1n) is 7.13. The van der Waals surface area contributed by atoms with E-state index in [1.165, 1.54) is 4.31 Å². The highest BCUT2D eigenvalue weighted by atomic mass is 32.2. The van der Waals surface area contributed by atoms with Crippen LogP contribution >= 0.6 is 0 Å². The van der Waals surface area contributed by atoms with E-state index in [-0.39, 0.29) is 11.4 Å². The molecule has 6 heteroatoms. The second-order valence-electron chi connectivity index (χ2n) is 5.65. The van der Waals surface area contributed by atoms with Crippen LogP contribution in [0.4, 0.5) is 0 Å². The van der Waals surface area contributed by atoms with Crippen molar-refractivity contribution in [3.8, 4) is 0 Å². The summed E-state index contributed by atoms with van der Waals surface area (Å²) in [5.41, 5.74) is -0.283. The minimum Gasteiger partial charge on any atom is -0.481 e. The third-order valence-electron chi connectivity index (χ3n) is 4.38. The average Bonchev–Trinajstić information content (AvgIpc) is 2.47. The zero-order valence-corrected chi connectivity index (χ0v) is 13.2. The molecule has 2 rings (SSSR count). The number of aliphatic carboxylic acids is 1. The van der Waals surface area contributed by atoms with Gasteiger partial charge in [0.2, 0.25) is 10.0 Å². The van der Waals surface area contributed by atoms with Gasteiger partial charge in [0.1, 0.15) is 0 Å². The van der Waals surface area contributed by atoms with Crippen molar-refractivity contribution in [2.75, 3.05) is 13.1 Å². The molecule has 0 bridgehead atoms. The summed E-state index contributed by atoms with van der Waals surface area (Å²) in [5, 5.41) is 9.48. The molecule has 1 aromatic rings. The molecule has 0 radical (unpaired) electrons. The molecule has 21 heavy (non-hydrogen) atoms. The maximum atomic E-state index is 12.8. The number of carboxylic acids is 1. The van der Waals surface area contributed by atoms with Crippen molar-refractivity contribution in [2.45, 2.75) is 38.0 Å². The minimum absolute atomic E-state index is 0.0511. The van der Waals surface area contributed by atoms with Gasteiger partial charge in [0.25, 0.3) is 0 Å². The fourth-order valence-corrected chi connectivity index (χ4v) is 4.68. The van der Waals surface area contributed by atoms with Crippen molar-refractivity contribution in [1.29, 1.82) is 0 Å². The standard InChI is InChI=1S/C15H21NO4S/c1-3-15(14(17)18)9-6-10-16(11-15)21(19,20)13-8-5-4-7-12(13)2/h4-5,7-8H,3,6,9-11H2,1-2H3,(H,17,18). The van der Waals surface area contributed by atoms with Gasteiger partial charge in [-0.25, -0.2) is 8.42 Å². The predicted molar refractivity (Wildman–Crippen MR) is 79.5 cm³/mol. The van der Waals surface area contributed by atoms with Crippen LogP contribution in [-0.4, -0.2) is 36.9 Å². The average molecular weight is 311 g/mol. The van der Waals surface area contributed by atoms with Gasteiger partial charge in [-0.3, -0.25) is 4.79 Å². The zero-order chi connectivity index (χ0) is 15.7. The first-order valence-corrected chi connectivity index (χ1v) is 8.57. The van der Waals surface area contributed by atoms with Crippen molar-refractivity contribution in [2.24, 2.45) is 5.41 Å². The molecule has 1 saturated heterocycles. The molecule has 5 nitrogen and oxygen atoms in total. The molecule has 1 fully saturated rings. The van der Waals surface area contributed by atoms with Crippen molar-refractivity contribution >= 4 is 16.0 Å². The molecule has 1 unspecified atom stereocenters. The van der Waals surface area contributed by atoms with Crippen LogP contribution in [0.25, 0.3) is 0 Å². The van der Waals surface area contributed by atoms with E-state index in [0.29, 0.717) is 31.4 Å². The number of carbonyl (C=O) groups is 1. The summed E-state index contributed by atoms with van der Waals surface area (Å²) in [6, 6.07) is 6.81. The number of hydrogen-bond acceptors (Lipinski definition) is 3. The van der Waals surface area contributed by atoms with Crippen molar-refractivity contribution < 1.29 is 18.3 Å². The van der Waals surface area contributed by atoms with Crippen LogP contribution in [0.15, 0.2) is 29.2 Å². The van der Waals surface area contributed by atoms with Crippen molar-refractivity contribution in [1.82, 2.24) is 4.31 Å². The van der Waals surface area contributed by atoms with Gasteiger partial charge < -0.3 is 5.11 Å². The topological polar surface area (TPSA) is 74.7 Å². The highest BCUT2D eigenvalue weighted by Gasteiger charge is 2.44. The lowest BCUT2D eigenvalue weighted by molar-refractivity contribution is -0.151. The Morgan fingerprint density at radius 1 is 1.38 bits per heavy atom. The predicted octanol–water partition coefficient (Wildman–Crippen LogP) is 2.26. The highest BCUT2D eigenvalue weighted by molar-refractivity contribution is 7.89. The number of hydrogen-bond donors (Lipinski definition) is 1. The molecule has 0 aliphatic carbocycles. The van der Waals surface area contributed by atoms with Gasteiger partial charge in [0.15, 0.2) is 0 Å². The number of rotatable bonds is 4. The summed E-state index contributed by atoms with van der Waals surface area (Å²) in [6.07, 6.45) is 1.53. The van der Waals surface area contributed by atoms with Gasteiger partial charge >= 0.3 is 5.97 Å². The molecule has 0 amide bonds. The van der Waals surface area contributed by atoms with Crippen LogP contribution in [0.1, 0.15) is 31.7 Å². The Bertz CT molecular complexity index is 641. The largest absolute Gasteiger partial charge is 0.481 e. The normalized spacial score (nSPS) is 23.9. The fraction of sp³-hybridized carbons (Fsp3) is 0.533. The van der Waals surface area contributed by atoms with E-state index in [0.717, 1.165) is 0 Å². The molecule has 0 aromatic heterocycles. The van der Waals surface area contributed by atoms with Crippen LogP contribution < -0.4 is 0 Å². The maximum Gasteiger partial charge on any atom is 0.310 e. The van der Waals surface area contributed by atoms with E-state index in [1.807, 2.05) is 0 Å². The summed E-state index contributed by atoms with van der Waals surface area (Å²) >= 11 is 0. The molecule has 116 valence electrons. The summed E-state index contributed by atoms with van der Waals surface area (Å²) in [5.74, 6) is -0.908. The quantitative estimate of drug-likeness (QED) is 0.925. The fourth-order valence-electron chi connectivity index (χ4n) is 2.89. The van der Waals surface area contributed by atoms with E-state index >= 15 is 0 Å². The molecule has 1 N–H and O–H groups in total. The first-order chi connectivity index (χ1) is 9.83. The van der Waals surface area contributed by atoms with Crippen LogP contribution in [-0.2, 0) is 14.8 Å². The summed E-state index contributed by atoms with van der Waals surface area (Å²) in [6.45, 7) is 3.99. The van der Waals surface area contributed by atoms with E-state index in [2.05, 4.69) is 0 Å². The third-order valence-corrected chi connectivity index (χ3v) is 6.39. The third kappa shape index (κ3) is 2.82. The summed E-state index contributed by atoms with van der Waals surface area (Å²) in [7, 11) is -3.64. The lowest BCUT2D eigenvalue weighted by Gasteiger charge is -2.38. The van der Waals surface area contributed by atoms with Crippen LogP contribution in [0.5, 0.6) is 0 Å². The second kappa shape index (κ2) is 5.77. The Labute approximate surface area is 125 Å². The van der Waals surface area contributed by atoms with Gasteiger partial charge in [-0.05, 0) is 37.8 Å². The monoisotopic (exact) mass is 311 g/mol. The van der Waals surface area contributed by atoms with Gasteiger partial charge in [-0.1, -0.05) is 25.1 Å². The number of piperidine rings is 1. The number of benzene rings is 1. The smallest absolute Gasteiger partial charge is 0.310 e. The maximum absolute atomic E-state index is 12.8. The Balaban J connectivity index is 2.38. The number of nitrogens with zero attached hydrogens (tertiary/aromatic N) is 1. The molecule has 1 atom stereocenters. The lowest BCUT2D eigenvalue weighted by atomic mass is 9.78. The molecule has 0 spiro atoms. The molecule has 1 heterocycles. The van der Waals surface area contributed by atoms with E-state index < -0.39 is 21.4 Å². The molecule has 0 saturated carbocycles. The molecule has 1 aliphatic heterocycles. The highest BCUT2D eigenvalue weighted by Crippen LogP contribution is 2.36. The number of sulfonamides is 1. The Morgan fingerprint density at radius 2 is 2.05 bits per heavy atom. The van der Waals surface area contributed by atoms with Crippen molar-refractivity contribution in [3.63, 3.8) is 0 Å². The van der Waals surface area contributed by atoms with E-state index in [9.17, 15) is 18.3 Å². The summed E-state index contributed by atoms with van der Waals surface area (Å²) in [4.78, 5) is 11.8. The van der Waals surface area contributed by atoms with Gasteiger partial charge in [-0.2, -0.15) is 4.31 Å². The van der Waals surface area contributed by atoms with Crippen LogP contribution in [0.2, 0.25) is 0 Å². The Kier molecular flexibility index (Phi) is 4.39. The second-order valence-corrected chi connectivity index (χ2v) is 7.55. The molecular formula is C15H21NO4S. The number of carboxylic acid groups (broad SMARTS) is 1. The van der Waals surface area contributed by atoms with Gasteiger partial charge in [-0.15, -0.1) is 0 Å². The van der Waals surface area contributed by atoms with Gasteiger partial charge in [0.05, 0.1) is 10.3 Å². The van der Waals surface area contributed by atoms with Crippen LogP contribution in [0, 0.1) is 12.3 Å². The Hall–Kier alpha value is -1.40. The molecular weight excluding hydrogens is 290 g/mol. The molecule has 1 aromatic carbocycles. The lowest BCUT2D eigenvalue weighted by Crippen LogP contribution is -2.49. The summed E-state index contributed by atoms with van der Waals surface area (Å²) < 4.78 is 26.9. The first kappa shape index (κ1) is 16.0. The van der Waals surface area contributed by atoms with E-state index in [1.54, 1.807) is 38.1 Å². The zero-order valence-electron chi connectivity index (χ0n) is 12.4. The molecule has 1 aliphatic rings. The van der Waals surface area contributed by atoms with E-state index in [4.69, 9.17) is 0 Å². The van der Waals surface area contributed by atoms with Crippen LogP contribution in [0.3, 0.4) is 0 Å².